The summed E-state index contributed by atoms with van der Waals surface area (Å²) in [7, 11) is 0. The van der Waals surface area contributed by atoms with E-state index in [0.29, 0.717) is 0 Å². The normalized spacial score (nSPS) is 12.5. The van der Waals surface area contributed by atoms with Crippen molar-refractivity contribution >= 4 is 23.7 Å². The third-order valence-electron chi connectivity index (χ3n) is 1.15. The van der Waals surface area contributed by atoms with E-state index in [0.717, 1.165) is 0 Å². The number of thiol groups is 1. The van der Waals surface area contributed by atoms with Crippen LogP contribution in [0.3, 0.4) is 0 Å². The molecule has 6 heteroatoms. The first-order chi connectivity index (χ1) is 5.07. The summed E-state index contributed by atoms with van der Waals surface area (Å²) >= 11 is 3.50. The molecule has 64 valence electrons. The molecule has 1 atom stereocenters. The van der Waals surface area contributed by atoms with E-state index >= 15 is 0 Å². The fourth-order valence-corrected chi connectivity index (χ4v) is 0.750. The Kier molecular flexibility index (Phi) is 4.84. The maximum absolute atomic E-state index is 10.5. The van der Waals surface area contributed by atoms with Crippen LogP contribution in [0.5, 0.6) is 0 Å². The minimum atomic E-state index is -0.958. The molecular weight excluding hydrogens is 168 g/mol. The number of hydrazine groups is 1. The highest BCUT2D eigenvalue weighted by Gasteiger charge is 2.13. The Labute approximate surface area is 69.3 Å². The summed E-state index contributed by atoms with van der Waals surface area (Å²) in [4.78, 5) is 20.6. The molecule has 0 unspecified atom stereocenters. The van der Waals surface area contributed by atoms with Crippen LogP contribution in [0.1, 0.15) is 12.8 Å². The topological polar surface area (TPSA) is 92.4 Å². The number of carboxylic acids is 1. The molecule has 0 aromatic rings. The lowest BCUT2D eigenvalue weighted by molar-refractivity contribution is -0.137. The Balaban J connectivity index is 3.70. The molecule has 0 heterocycles. The second kappa shape index (κ2) is 5.11. The smallest absolute Gasteiger partial charge is 0.303 e. The van der Waals surface area contributed by atoms with Gasteiger partial charge in [0.25, 0.3) is 0 Å². The van der Waals surface area contributed by atoms with Crippen molar-refractivity contribution in [2.75, 3.05) is 0 Å². The zero-order chi connectivity index (χ0) is 8.85. The van der Waals surface area contributed by atoms with Crippen LogP contribution in [0.25, 0.3) is 0 Å². The summed E-state index contributed by atoms with van der Waals surface area (Å²) in [6, 6.07) is -0.672. The van der Waals surface area contributed by atoms with Crippen LogP contribution >= 0.6 is 12.6 Å². The summed E-state index contributed by atoms with van der Waals surface area (Å²) in [6.45, 7) is 0. The molecule has 0 fully saturated rings. The highest BCUT2D eigenvalue weighted by atomic mass is 32.1. The molecule has 0 aliphatic rings. The molecule has 0 rings (SSSR count). The summed E-state index contributed by atoms with van der Waals surface area (Å²) < 4.78 is 0. The number of nitrogens with one attached hydrogen (secondary N) is 1. The van der Waals surface area contributed by atoms with Gasteiger partial charge in [0.2, 0.25) is 5.12 Å². The number of carbonyl (C=O) groups excluding carboxylic acids is 1. The standard InChI is InChI=1S/C5H10N2O3S/c6-7-3(5(10)11)1-2-4(8)9/h3,7H,1-2,6H2,(H,8,9)(H,10,11)/t3-/m0/s1. The number of hydrogen-bond donors (Lipinski definition) is 4. The first kappa shape index (κ1) is 10.4. The van der Waals surface area contributed by atoms with E-state index in [1.165, 1.54) is 0 Å². The zero-order valence-electron chi connectivity index (χ0n) is 5.78. The second-order valence-electron chi connectivity index (χ2n) is 1.99. The van der Waals surface area contributed by atoms with E-state index in [2.05, 4.69) is 18.1 Å². The quantitative estimate of drug-likeness (QED) is 0.250. The molecule has 0 radical (unpaired) electrons. The van der Waals surface area contributed by atoms with Crippen LogP contribution in [0.4, 0.5) is 0 Å². The van der Waals surface area contributed by atoms with E-state index in [4.69, 9.17) is 10.9 Å². The molecule has 0 saturated carbocycles. The van der Waals surface area contributed by atoms with E-state index in [1.807, 2.05) is 0 Å². The molecule has 0 spiro atoms. The van der Waals surface area contributed by atoms with Gasteiger partial charge in [-0.3, -0.25) is 15.4 Å². The first-order valence-corrected chi connectivity index (χ1v) is 3.43. The number of aliphatic carboxylic acids is 1. The van der Waals surface area contributed by atoms with Crippen molar-refractivity contribution in [3.05, 3.63) is 0 Å². The highest BCUT2D eigenvalue weighted by Crippen LogP contribution is 1.99. The van der Waals surface area contributed by atoms with Crippen molar-refractivity contribution in [2.24, 2.45) is 5.84 Å². The fraction of sp³-hybridized carbons (Fsp3) is 0.600. The predicted octanol–water partition coefficient (Wildman–Crippen LogP) is -0.861. The Bertz CT molecular complexity index is 162. The van der Waals surface area contributed by atoms with Gasteiger partial charge < -0.3 is 5.11 Å². The van der Waals surface area contributed by atoms with Crippen LogP contribution in [-0.2, 0) is 9.59 Å². The maximum Gasteiger partial charge on any atom is 0.303 e. The van der Waals surface area contributed by atoms with Gasteiger partial charge in [0.15, 0.2) is 0 Å². The van der Waals surface area contributed by atoms with E-state index < -0.39 is 17.1 Å². The summed E-state index contributed by atoms with van der Waals surface area (Å²) in [5, 5.41) is 7.78. The number of rotatable bonds is 5. The summed E-state index contributed by atoms with van der Waals surface area (Å²) in [5.74, 6) is 3.99. The van der Waals surface area contributed by atoms with Gasteiger partial charge in [-0.15, -0.1) is 12.6 Å². The number of hydrogen-bond acceptors (Lipinski definition) is 4. The largest absolute Gasteiger partial charge is 0.481 e. The van der Waals surface area contributed by atoms with Crippen molar-refractivity contribution in [2.45, 2.75) is 18.9 Å². The Hall–Kier alpha value is -0.590. The van der Waals surface area contributed by atoms with Gasteiger partial charge in [-0.25, -0.2) is 5.43 Å². The summed E-state index contributed by atoms with van der Waals surface area (Å²) in [6.07, 6.45) is 0.0648. The third kappa shape index (κ3) is 4.77. The molecule has 5 nitrogen and oxygen atoms in total. The van der Waals surface area contributed by atoms with Gasteiger partial charge in [-0.05, 0) is 6.42 Å². The lowest BCUT2D eigenvalue weighted by Crippen LogP contribution is -2.39. The van der Waals surface area contributed by atoms with Crippen molar-refractivity contribution in [1.82, 2.24) is 5.43 Å². The van der Waals surface area contributed by atoms with Crippen LogP contribution in [0, 0.1) is 0 Å². The van der Waals surface area contributed by atoms with Crippen molar-refractivity contribution in [3.8, 4) is 0 Å². The number of carbonyl (C=O) groups is 2. The van der Waals surface area contributed by atoms with Crippen LogP contribution in [-0.4, -0.2) is 22.2 Å². The van der Waals surface area contributed by atoms with Gasteiger partial charge >= 0.3 is 5.97 Å². The lowest BCUT2D eigenvalue weighted by atomic mass is 10.2. The van der Waals surface area contributed by atoms with Gasteiger partial charge in [0.1, 0.15) is 0 Å². The van der Waals surface area contributed by atoms with Crippen LogP contribution in [0.2, 0.25) is 0 Å². The average molecular weight is 178 g/mol. The van der Waals surface area contributed by atoms with Crippen molar-refractivity contribution < 1.29 is 14.7 Å². The predicted molar refractivity (Wildman–Crippen MR) is 42.0 cm³/mol. The molecule has 0 aliphatic heterocycles. The first-order valence-electron chi connectivity index (χ1n) is 2.98. The van der Waals surface area contributed by atoms with Crippen molar-refractivity contribution in [1.29, 1.82) is 0 Å². The zero-order valence-corrected chi connectivity index (χ0v) is 6.67. The molecule has 0 aromatic heterocycles. The lowest BCUT2D eigenvalue weighted by Gasteiger charge is -2.08. The Morgan fingerprint density at radius 2 is 2.18 bits per heavy atom. The van der Waals surface area contributed by atoms with E-state index in [9.17, 15) is 9.59 Å². The third-order valence-corrected chi connectivity index (χ3v) is 1.46. The van der Waals surface area contributed by atoms with Gasteiger partial charge in [0.05, 0.1) is 6.04 Å². The SMILES string of the molecule is NN[C@@H](CCC(=O)O)C(=O)S. The van der Waals surface area contributed by atoms with Crippen LogP contribution < -0.4 is 11.3 Å². The maximum atomic E-state index is 10.5. The van der Waals surface area contributed by atoms with Gasteiger partial charge in [-0.1, -0.05) is 0 Å². The van der Waals surface area contributed by atoms with Gasteiger partial charge in [-0.2, -0.15) is 0 Å². The molecule has 0 bridgehead atoms. The fourth-order valence-electron chi connectivity index (χ4n) is 0.546. The van der Waals surface area contributed by atoms with Crippen molar-refractivity contribution in [3.63, 3.8) is 0 Å². The number of nitrogens with two attached hydrogens (primary N) is 1. The van der Waals surface area contributed by atoms with E-state index in [1.54, 1.807) is 0 Å². The molecule has 4 N–H and O–H groups in total. The molecule has 11 heavy (non-hydrogen) atoms. The number of carboxylic acid groups (broad SMARTS) is 1. The van der Waals surface area contributed by atoms with Crippen LogP contribution in [0.15, 0.2) is 0 Å². The molecule has 0 aliphatic carbocycles. The molecule has 0 aromatic carbocycles. The Morgan fingerprint density at radius 3 is 2.45 bits per heavy atom. The minimum Gasteiger partial charge on any atom is -0.481 e. The highest BCUT2D eigenvalue weighted by molar-refractivity contribution is 7.96. The average Bonchev–Trinajstić information content (AvgIpc) is 1.87. The van der Waals surface area contributed by atoms with Gasteiger partial charge in [0, 0.05) is 6.42 Å². The minimum absolute atomic E-state index is 0.0961. The monoisotopic (exact) mass is 178 g/mol. The molecular formula is C5H10N2O3S. The second-order valence-corrected chi connectivity index (χ2v) is 2.43. The molecule has 0 amide bonds. The molecule has 0 saturated heterocycles. The summed E-state index contributed by atoms with van der Waals surface area (Å²) in [5.41, 5.74) is 2.17. The van der Waals surface area contributed by atoms with E-state index in [-0.39, 0.29) is 12.8 Å². The Morgan fingerprint density at radius 1 is 1.64 bits per heavy atom.